The van der Waals surface area contributed by atoms with Crippen LogP contribution in [0.2, 0.25) is 0 Å². The van der Waals surface area contributed by atoms with E-state index in [1.807, 2.05) is 5.38 Å². The Balaban J connectivity index is 1.72. The minimum absolute atomic E-state index is 0.367. The van der Waals surface area contributed by atoms with E-state index in [0.717, 1.165) is 0 Å². The monoisotopic (exact) mass is 330 g/mol. The number of aryl methyl sites for hydroxylation is 1. The molecule has 2 heterocycles. The van der Waals surface area contributed by atoms with Gasteiger partial charge in [-0.2, -0.15) is 4.98 Å². The molecule has 3 rings (SSSR count). The van der Waals surface area contributed by atoms with Gasteiger partial charge in [-0.25, -0.2) is 4.79 Å². The van der Waals surface area contributed by atoms with Gasteiger partial charge in [0.1, 0.15) is 10.6 Å². The molecule has 23 heavy (non-hydrogen) atoms. The lowest BCUT2D eigenvalue weighted by Crippen LogP contribution is -2.19. The summed E-state index contributed by atoms with van der Waals surface area (Å²) in [5, 5.41) is 11.1. The Labute approximate surface area is 136 Å². The molecule has 0 aliphatic carbocycles. The number of thiophene rings is 1. The second-order valence-corrected chi connectivity index (χ2v) is 5.54. The van der Waals surface area contributed by atoms with Gasteiger partial charge in [0.25, 0.3) is 5.89 Å². The van der Waals surface area contributed by atoms with Crippen molar-refractivity contribution in [3.63, 3.8) is 0 Å². The van der Waals surface area contributed by atoms with Crippen molar-refractivity contribution in [3.8, 4) is 16.5 Å². The summed E-state index contributed by atoms with van der Waals surface area (Å²) in [5.74, 6) is 1.59. The molecule has 2 N–H and O–H groups in total. The molecule has 0 unspecified atom stereocenters. The van der Waals surface area contributed by atoms with Crippen LogP contribution in [-0.2, 0) is 0 Å². The van der Waals surface area contributed by atoms with Gasteiger partial charge in [-0.15, -0.1) is 11.3 Å². The zero-order chi connectivity index (χ0) is 16.2. The van der Waals surface area contributed by atoms with Crippen LogP contribution < -0.4 is 15.4 Å². The van der Waals surface area contributed by atoms with Crippen molar-refractivity contribution < 1.29 is 14.1 Å². The van der Waals surface area contributed by atoms with E-state index in [9.17, 15) is 4.79 Å². The van der Waals surface area contributed by atoms with Crippen molar-refractivity contribution >= 4 is 28.7 Å². The van der Waals surface area contributed by atoms with E-state index < -0.39 is 0 Å². The molecule has 0 fully saturated rings. The van der Waals surface area contributed by atoms with E-state index >= 15 is 0 Å². The third-order valence-corrected chi connectivity index (χ3v) is 3.87. The Bertz CT molecular complexity index is 828. The normalized spacial score (nSPS) is 10.3. The fourth-order valence-corrected chi connectivity index (χ4v) is 2.72. The molecule has 0 radical (unpaired) electrons. The standard InChI is InChI=1S/C15H14N4O3S/c1-9-16-14(22-19-9)13-12(6-7-23-13)18-15(20)17-10-4-3-5-11(8-10)21-2/h3-8H,1-2H3,(H2,17,18,20). The van der Waals surface area contributed by atoms with Gasteiger partial charge in [-0.1, -0.05) is 11.2 Å². The molecule has 2 amide bonds. The lowest BCUT2D eigenvalue weighted by atomic mass is 10.3. The van der Waals surface area contributed by atoms with Gasteiger partial charge in [0.2, 0.25) is 0 Å². The summed E-state index contributed by atoms with van der Waals surface area (Å²) in [6.07, 6.45) is 0. The number of rotatable bonds is 4. The highest BCUT2D eigenvalue weighted by Gasteiger charge is 2.15. The average molecular weight is 330 g/mol. The van der Waals surface area contributed by atoms with E-state index in [-0.39, 0.29) is 6.03 Å². The first-order chi connectivity index (χ1) is 11.2. The van der Waals surface area contributed by atoms with Crippen LogP contribution in [0.4, 0.5) is 16.2 Å². The number of hydrogen-bond donors (Lipinski definition) is 2. The number of nitrogens with zero attached hydrogens (tertiary/aromatic N) is 2. The van der Waals surface area contributed by atoms with Gasteiger partial charge >= 0.3 is 6.03 Å². The molecule has 0 atom stereocenters. The molecule has 0 aliphatic rings. The van der Waals surface area contributed by atoms with Gasteiger partial charge in [0, 0.05) is 11.8 Å². The van der Waals surface area contributed by atoms with E-state index in [1.165, 1.54) is 11.3 Å². The highest BCUT2D eigenvalue weighted by molar-refractivity contribution is 7.14. The fourth-order valence-electron chi connectivity index (χ4n) is 1.95. The molecule has 3 aromatic rings. The first kappa shape index (κ1) is 15.0. The highest BCUT2D eigenvalue weighted by atomic mass is 32.1. The number of methoxy groups -OCH3 is 1. The summed E-state index contributed by atoms with van der Waals surface area (Å²) in [6.45, 7) is 1.74. The summed E-state index contributed by atoms with van der Waals surface area (Å²) < 4.78 is 10.3. The number of anilines is 2. The maximum absolute atomic E-state index is 12.1. The lowest BCUT2D eigenvalue weighted by molar-refractivity contribution is 0.262. The molecule has 0 saturated heterocycles. The molecule has 7 nitrogen and oxygen atoms in total. The number of benzene rings is 1. The number of hydrogen-bond acceptors (Lipinski definition) is 6. The van der Waals surface area contributed by atoms with Crippen LogP contribution in [0.5, 0.6) is 5.75 Å². The number of nitrogens with one attached hydrogen (secondary N) is 2. The molecular weight excluding hydrogens is 316 g/mol. The predicted molar refractivity (Wildman–Crippen MR) is 88.0 cm³/mol. The third kappa shape index (κ3) is 3.49. The number of ether oxygens (including phenoxy) is 1. The molecule has 0 spiro atoms. The Morgan fingerprint density at radius 3 is 2.91 bits per heavy atom. The lowest BCUT2D eigenvalue weighted by Gasteiger charge is -2.08. The van der Waals surface area contributed by atoms with Crippen LogP contribution in [0, 0.1) is 6.92 Å². The molecule has 0 bridgehead atoms. The van der Waals surface area contributed by atoms with Gasteiger partial charge < -0.3 is 19.9 Å². The summed E-state index contributed by atoms with van der Waals surface area (Å²) in [4.78, 5) is 17.0. The van der Waals surface area contributed by atoms with Crippen LogP contribution in [0.25, 0.3) is 10.8 Å². The minimum Gasteiger partial charge on any atom is -0.497 e. The first-order valence-electron chi connectivity index (χ1n) is 6.76. The van der Waals surface area contributed by atoms with Gasteiger partial charge in [-0.05, 0) is 30.5 Å². The van der Waals surface area contributed by atoms with Crippen LogP contribution in [0.3, 0.4) is 0 Å². The molecule has 1 aromatic carbocycles. The number of amides is 2. The topological polar surface area (TPSA) is 89.3 Å². The molecule has 0 saturated carbocycles. The molecule has 8 heteroatoms. The summed E-state index contributed by atoms with van der Waals surface area (Å²) in [6, 6.07) is 8.52. The van der Waals surface area contributed by atoms with Crippen molar-refractivity contribution in [2.45, 2.75) is 6.92 Å². The van der Waals surface area contributed by atoms with Crippen molar-refractivity contribution in [1.82, 2.24) is 10.1 Å². The summed E-state index contributed by atoms with van der Waals surface area (Å²) >= 11 is 1.41. The molecule has 118 valence electrons. The Kier molecular flexibility index (Phi) is 4.24. The smallest absolute Gasteiger partial charge is 0.323 e. The van der Waals surface area contributed by atoms with Crippen LogP contribution in [-0.4, -0.2) is 23.3 Å². The van der Waals surface area contributed by atoms with Crippen LogP contribution in [0.15, 0.2) is 40.2 Å². The Morgan fingerprint density at radius 1 is 1.30 bits per heavy atom. The zero-order valence-corrected chi connectivity index (χ0v) is 13.3. The number of urea groups is 1. The van der Waals surface area contributed by atoms with Crippen LogP contribution in [0.1, 0.15) is 5.82 Å². The minimum atomic E-state index is -0.367. The number of aromatic nitrogens is 2. The average Bonchev–Trinajstić information content (AvgIpc) is 3.16. The van der Waals surface area contributed by atoms with Crippen LogP contribution >= 0.6 is 11.3 Å². The third-order valence-electron chi connectivity index (χ3n) is 2.96. The predicted octanol–water partition coefficient (Wildman–Crippen LogP) is 3.76. The SMILES string of the molecule is COc1cccc(NC(=O)Nc2ccsc2-c2nc(C)no2)c1. The second kappa shape index (κ2) is 6.49. The Hall–Kier alpha value is -2.87. The van der Waals surface area contributed by atoms with E-state index in [4.69, 9.17) is 9.26 Å². The van der Waals surface area contributed by atoms with E-state index in [2.05, 4.69) is 20.8 Å². The fraction of sp³-hybridized carbons (Fsp3) is 0.133. The second-order valence-electron chi connectivity index (χ2n) is 4.62. The summed E-state index contributed by atoms with van der Waals surface area (Å²) in [5.41, 5.74) is 1.24. The number of carbonyl (C=O) groups excluding carboxylic acids is 1. The van der Waals surface area contributed by atoms with E-state index in [1.54, 1.807) is 44.4 Å². The molecule has 2 aromatic heterocycles. The van der Waals surface area contributed by atoms with Crippen molar-refractivity contribution in [3.05, 3.63) is 41.5 Å². The molecular formula is C15H14N4O3S. The summed E-state index contributed by atoms with van der Waals surface area (Å²) in [7, 11) is 1.57. The van der Waals surface area contributed by atoms with Gasteiger partial charge in [-0.3, -0.25) is 0 Å². The Morgan fingerprint density at radius 2 is 2.17 bits per heavy atom. The zero-order valence-electron chi connectivity index (χ0n) is 12.5. The maximum atomic E-state index is 12.1. The van der Waals surface area contributed by atoms with Gasteiger partial charge in [0.05, 0.1) is 12.8 Å². The maximum Gasteiger partial charge on any atom is 0.323 e. The quantitative estimate of drug-likeness (QED) is 0.760. The largest absolute Gasteiger partial charge is 0.497 e. The van der Waals surface area contributed by atoms with E-state index in [0.29, 0.717) is 33.7 Å². The van der Waals surface area contributed by atoms with Gasteiger partial charge in [0.15, 0.2) is 5.82 Å². The number of carbonyl (C=O) groups is 1. The highest BCUT2D eigenvalue weighted by Crippen LogP contribution is 2.32. The molecule has 0 aliphatic heterocycles. The van der Waals surface area contributed by atoms with Crippen molar-refractivity contribution in [2.75, 3.05) is 17.7 Å². The van der Waals surface area contributed by atoms with Crippen molar-refractivity contribution in [1.29, 1.82) is 0 Å². The van der Waals surface area contributed by atoms with Crippen molar-refractivity contribution in [2.24, 2.45) is 0 Å². The first-order valence-corrected chi connectivity index (χ1v) is 7.64.